The van der Waals surface area contributed by atoms with Gasteiger partial charge in [0.15, 0.2) is 0 Å². The lowest BCUT2D eigenvalue weighted by atomic mass is 9.88. The van der Waals surface area contributed by atoms with Gasteiger partial charge >= 0.3 is 6.18 Å². The van der Waals surface area contributed by atoms with Gasteiger partial charge in [-0.3, -0.25) is 9.10 Å². The van der Waals surface area contributed by atoms with Crippen molar-refractivity contribution in [3.05, 3.63) is 89.2 Å². The normalized spacial score (nSPS) is 17.2. The van der Waals surface area contributed by atoms with Gasteiger partial charge in [-0.15, -0.1) is 0 Å². The lowest BCUT2D eigenvalue weighted by Gasteiger charge is -2.38. The number of para-hydroxylation sites is 1. The van der Waals surface area contributed by atoms with Gasteiger partial charge in [0.2, 0.25) is 11.5 Å². The standard InChI is InChI=1S/C27H25F5N2O5S/c28-16-26(37,27(30,31)32)19-6-12-24-17(13-19)5-9-21(14-25(36)33-23-4-2-1-3-18(23)15-35)34(24)40(38,39)22-10-7-20(29)8-11-22/h1-4,6-8,10-13,21,35,37H,5,9,14-16H2,(H,33,36)/t21-,26?/m0/s1. The molecule has 7 nitrogen and oxygen atoms in total. The van der Waals surface area contributed by atoms with Crippen LogP contribution in [0.1, 0.15) is 29.5 Å². The topological polar surface area (TPSA) is 107 Å². The number of nitrogens with zero attached hydrogens (tertiary/aromatic N) is 1. The van der Waals surface area contributed by atoms with Gasteiger partial charge in [0.05, 0.1) is 23.2 Å². The van der Waals surface area contributed by atoms with E-state index in [1.54, 1.807) is 24.3 Å². The van der Waals surface area contributed by atoms with E-state index in [9.17, 15) is 45.4 Å². The van der Waals surface area contributed by atoms with Crippen molar-refractivity contribution in [2.24, 2.45) is 0 Å². The Morgan fingerprint density at radius 3 is 2.35 bits per heavy atom. The predicted molar refractivity (Wildman–Crippen MR) is 136 cm³/mol. The van der Waals surface area contributed by atoms with Crippen molar-refractivity contribution in [2.45, 2.75) is 48.6 Å². The van der Waals surface area contributed by atoms with Gasteiger partial charge in [0.1, 0.15) is 12.5 Å². The Morgan fingerprint density at radius 2 is 1.73 bits per heavy atom. The van der Waals surface area contributed by atoms with Crippen LogP contribution in [-0.2, 0) is 33.4 Å². The maximum absolute atomic E-state index is 13.8. The van der Waals surface area contributed by atoms with Crippen LogP contribution in [0.15, 0.2) is 71.6 Å². The summed E-state index contributed by atoms with van der Waals surface area (Å²) in [6, 6.07) is 12.1. The van der Waals surface area contributed by atoms with E-state index in [0.717, 1.165) is 46.8 Å². The van der Waals surface area contributed by atoms with E-state index in [1.165, 1.54) is 0 Å². The zero-order valence-electron chi connectivity index (χ0n) is 20.8. The molecular formula is C27H25F5N2O5S. The van der Waals surface area contributed by atoms with Crippen molar-refractivity contribution in [3.63, 3.8) is 0 Å². The number of hydrogen-bond acceptors (Lipinski definition) is 5. The van der Waals surface area contributed by atoms with E-state index in [0.29, 0.717) is 11.3 Å². The van der Waals surface area contributed by atoms with Gasteiger partial charge in [-0.2, -0.15) is 13.2 Å². The molecule has 40 heavy (non-hydrogen) atoms. The van der Waals surface area contributed by atoms with Crippen LogP contribution < -0.4 is 9.62 Å². The molecule has 13 heteroatoms. The van der Waals surface area contributed by atoms with Crippen molar-refractivity contribution in [1.82, 2.24) is 0 Å². The summed E-state index contributed by atoms with van der Waals surface area (Å²) in [6.07, 6.45) is -5.69. The number of anilines is 2. The molecule has 214 valence electrons. The number of aliphatic hydroxyl groups excluding tert-OH is 1. The van der Waals surface area contributed by atoms with Crippen molar-refractivity contribution in [1.29, 1.82) is 0 Å². The lowest BCUT2D eigenvalue weighted by molar-refractivity contribution is -0.271. The number of benzene rings is 3. The molecule has 0 aromatic heterocycles. The van der Waals surface area contributed by atoms with Crippen molar-refractivity contribution >= 4 is 27.3 Å². The summed E-state index contributed by atoms with van der Waals surface area (Å²) in [5, 5.41) is 22.2. The van der Waals surface area contributed by atoms with Crippen LogP contribution in [0.3, 0.4) is 0 Å². The Balaban J connectivity index is 1.75. The van der Waals surface area contributed by atoms with E-state index in [-0.39, 0.29) is 42.0 Å². The Labute approximate surface area is 226 Å². The quantitative estimate of drug-likeness (QED) is 0.336. The number of alkyl halides is 4. The molecule has 1 aliphatic heterocycles. The van der Waals surface area contributed by atoms with Gasteiger partial charge in [-0.1, -0.05) is 30.3 Å². The van der Waals surface area contributed by atoms with Gasteiger partial charge < -0.3 is 15.5 Å². The highest BCUT2D eigenvalue weighted by molar-refractivity contribution is 7.92. The molecule has 0 fully saturated rings. The molecule has 0 saturated carbocycles. The first-order valence-corrected chi connectivity index (χ1v) is 13.5. The number of hydrogen-bond donors (Lipinski definition) is 3. The second-order valence-electron chi connectivity index (χ2n) is 9.35. The Morgan fingerprint density at radius 1 is 1.05 bits per heavy atom. The van der Waals surface area contributed by atoms with Crippen molar-refractivity contribution in [2.75, 3.05) is 16.3 Å². The number of carbonyl (C=O) groups excluding carboxylic acids is 1. The maximum Gasteiger partial charge on any atom is 0.424 e. The molecule has 0 spiro atoms. The largest absolute Gasteiger partial charge is 0.424 e. The van der Waals surface area contributed by atoms with Crippen LogP contribution in [0.25, 0.3) is 0 Å². The molecule has 4 rings (SSSR count). The van der Waals surface area contributed by atoms with Crippen LogP contribution in [0.4, 0.5) is 33.3 Å². The Bertz CT molecular complexity index is 1500. The van der Waals surface area contributed by atoms with Gasteiger partial charge in [-0.25, -0.2) is 17.2 Å². The molecule has 1 amide bonds. The molecule has 1 heterocycles. The predicted octanol–water partition coefficient (Wildman–Crippen LogP) is 4.58. The third-order valence-corrected chi connectivity index (χ3v) is 8.67. The summed E-state index contributed by atoms with van der Waals surface area (Å²) in [5.74, 6) is -1.28. The van der Waals surface area contributed by atoms with Crippen LogP contribution in [0.2, 0.25) is 0 Å². The highest BCUT2D eigenvalue weighted by Crippen LogP contribution is 2.43. The minimum Gasteiger partial charge on any atom is -0.392 e. The number of aliphatic hydroxyl groups is 2. The molecule has 1 unspecified atom stereocenters. The number of sulfonamides is 1. The zero-order valence-corrected chi connectivity index (χ0v) is 21.6. The summed E-state index contributed by atoms with van der Waals surface area (Å²) >= 11 is 0. The second-order valence-corrected chi connectivity index (χ2v) is 11.2. The molecule has 0 radical (unpaired) electrons. The van der Waals surface area contributed by atoms with Crippen LogP contribution in [-0.4, -0.2) is 43.4 Å². The number of halogens is 5. The number of nitrogens with one attached hydrogen (secondary N) is 1. The fourth-order valence-corrected chi connectivity index (χ4v) is 6.35. The average Bonchev–Trinajstić information content (AvgIpc) is 2.91. The van der Waals surface area contributed by atoms with Crippen molar-refractivity contribution < 1.29 is 45.4 Å². The Hall–Kier alpha value is -3.55. The molecule has 0 bridgehead atoms. The molecule has 3 aromatic carbocycles. The van der Waals surface area contributed by atoms with Crippen LogP contribution in [0.5, 0.6) is 0 Å². The summed E-state index contributed by atoms with van der Waals surface area (Å²) in [4.78, 5) is 12.7. The number of aryl methyl sites for hydroxylation is 1. The van der Waals surface area contributed by atoms with E-state index < -0.39 is 51.8 Å². The summed E-state index contributed by atoms with van der Waals surface area (Å²) in [7, 11) is -4.47. The minimum atomic E-state index is -5.34. The lowest BCUT2D eigenvalue weighted by Crippen LogP contribution is -2.46. The van der Waals surface area contributed by atoms with Crippen molar-refractivity contribution in [3.8, 4) is 0 Å². The van der Waals surface area contributed by atoms with Gasteiger partial charge in [-0.05, 0) is 60.4 Å². The number of fused-ring (bicyclic) bond motifs is 1. The first-order valence-electron chi connectivity index (χ1n) is 12.1. The summed E-state index contributed by atoms with van der Waals surface area (Å²) < 4.78 is 95.9. The fourth-order valence-electron chi connectivity index (χ4n) is 4.64. The fraction of sp³-hybridized carbons (Fsp3) is 0.296. The van der Waals surface area contributed by atoms with E-state index in [4.69, 9.17) is 0 Å². The number of amides is 1. The second kappa shape index (κ2) is 11.1. The zero-order chi connectivity index (χ0) is 29.3. The van der Waals surface area contributed by atoms with Crippen LogP contribution in [0, 0.1) is 5.82 Å². The number of carbonyl (C=O) groups is 1. The SMILES string of the molecule is O=C(C[C@@H]1CCc2cc(C(O)(CF)C(F)(F)F)ccc2N1S(=O)(=O)c1ccc(F)cc1)Nc1ccccc1CO. The molecule has 1 aliphatic rings. The summed E-state index contributed by atoms with van der Waals surface area (Å²) in [6.45, 7) is -2.51. The third-order valence-electron chi connectivity index (χ3n) is 6.79. The third kappa shape index (κ3) is 5.54. The molecule has 0 saturated heterocycles. The average molecular weight is 585 g/mol. The number of rotatable bonds is 8. The highest BCUT2D eigenvalue weighted by Gasteiger charge is 2.55. The van der Waals surface area contributed by atoms with E-state index in [1.807, 2.05) is 0 Å². The molecule has 0 aliphatic carbocycles. The molecule has 2 atom stereocenters. The molecular weight excluding hydrogens is 559 g/mol. The van der Waals surface area contributed by atoms with E-state index in [2.05, 4.69) is 5.32 Å². The first-order chi connectivity index (χ1) is 18.8. The molecule has 3 aromatic rings. The minimum absolute atomic E-state index is 0.00792. The monoisotopic (exact) mass is 584 g/mol. The first kappa shape index (κ1) is 29.4. The van der Waals surface area contributed by atoms with Crippen LogP contribution >= 0.6 is 0 Å². The van der Waals surface area contributed by atoms with E-state index >= 15 is 0 Å². The molecule has 3 N–H and O–H groups in total. The van der Waals surface area contributed by atoms with Gasteiger partial charge in [0.25, 0.3) is 10.0 Å². The summed E-state index contributed by atoms with van der Waals surface area (Å²) in [5.41, 5.74) is -3.81. The smallest absolute Gasteiger partial charge is 0.392 e. The van der Waals surface area contributed by atoms with Gasteiger partial charge in [0, 0.05) is 17.7 Å². The maximum atomic E-state index is 13.8. The Kier molecular flexibility index (Phi) is 8.20. The highest BCUT2D eigenvalue weighted by atomic mass is 32.2.